The molecule has 1 heterocycles. The third-order valence-corrected chi connectivity index (χ3v) is 3.11. The van der Waals surface area contributed by atoms with E-state index in [0.717, 1.165) is 37.2 Å². The molecule has 0 radical (unpaired) electrons. The normalized spacial score (nSPS) is 14.3. The van der Waals surface area contributed by atoms with Crippen molar-refractivity contribution in [3.8, 4) is 0 Å². The third-order valence-electron chi connectivity index (χ3n) is 3.11. The second-order valence-corrected chi connectivity index (χ2v) is 4.62. The van der Waals surface area contributed by atoms with E-state index in [9.17, 15) is 0 Å². The van der Waals surface area contributed by atoms with E-state index in [1.165, 1.54) is 18.4 Å². The molecule has 0 bridgehead atoms. The Hall–Kier alpha value is -1.77. The minimum absolute atomic E-state index is 0.955. The molecule has 1 aromatic heterocycles. The number of aromatic amines is 1. The Kier molecular flexibility index (Phi) is 4.82. The van der Waals surface area contributed by atoms with Crippen LogP contribution in [0.25, 0.3) is 0 Å². The van der Waals surface area contributed by atoms with Gasteiger partial charge in [-0.05, 0) is 32.1 Å². The maximum atomic E-state index is 4.05. The molecule has 0 spiro atoms. The average Bonchev–Trinajstić information content (AvgIpc) is 2.91. The van der Waals surface area contributed by atoms with E-state index in [1.807, 2.05) is 6.20 Å². The van der Waals surface area contributed by atoms with Crippen molar-refractivity contribution < 1.29 is 0 Å². The number of rotatable bonds is 7. The lowest BCUT2D eigenvalue weighted by molar-refractivity contribution is 0.733. The Morgan fingerprint density at radius 3 is 3.06 bits per heavy atom. The van der Waals surface area contributed by atoms with Gasteiger partial charge in [0.05, 0.1) is 6.33 Å². The summed E-state index contributed by atoms with van der Waals surface area (Å²) in [5.74, 6) is 0. The van der Waals surface area contributed by atoms with Crippen LogP contribution in [0.1, 0.15) is 31.4 Å². The molecule has 0 saturated heterocycles. The first kappa shape index (κ1) is 12.7. The van der Waals surface area contributed by atoms with E-state index in [4.69, 9.17) is 0 Å². The van der Waals surface area contributed by atoms with Gasteiger partial charge in [-0.3, -0.25) is 0 Å². The second kappa shape index (κ2) is 6.84. The Bertz CT molecular complexity index is 427. The Labute approximate surface area is 109 Å². The molecule has 2 rings (SSSR count). The zero-order valence-electron chi connectivity index (χ0n) is 10.8. The van der Waals surface area contributed by atoms with Crippen molar-refractivity contribution in [2.24, 2.45) is 0 Å². The van der Waals surface area contributed by atoms with E-state index in [-0.39, 0.29) is 0 Å². The maximum absolute atomic E-state index is 4.05. The Morgan fingerprint density at radius 1 is 1.39 bits per heavy atom. The van der Waals surface area contributed by atoms with Gasteiger partial charge in [0.2, 0.25) is 0 Å². The molecule has 1 aromatic rings. The van der Waals surface area contributed by atoms with Gasteiger partial charge in [0.15, 0.2) is 0 Å². The Morgan fingerprint density at radius 2 is 2.33 bits per heavy atom. The standard InChI is InChI=1S/C15H21N3/c1-13(7-8-15-11-16-12-18-15)17-10-9-14-5-3-2-4-6-14/h3,5-6,11-12,17H,1-2,4,7-10H2,(H,16,18). The number of imidazole rings is 1. The second-order valence-electron chi connectivity index (χ2n) is 4.62. The van der Waals surface area contributed by atoms with Crippen LogP contribution >= 0.6 is 0 Å². The monoisotopic (exact) mass is 243 g/mol. The molecule has 1 aliphatic carbocycles. The molecule has 3 heteroatoms. The molecule has 0 aromatic carbocycles. The molecule has 0 unspecified atom stereocenters. The topological polar surface area (TPSA) is 40.7 Å². The lowest BCUT2D eigenvalue weighted by atomic mass is 10.0. The molecule has 0 amide bonds. The summed E-state index contributed by atoms with van der Waals surface area (Å²) in [6.07, 6.45) is 15.8. The van der Waals surface area contributed by atoms with Gasteiger partial charge in [-0.15, -0.1) is 0 Å². The summed E-state index contributed by atoms with van der Waals surface area (Å²) in [6.45, 7) is 5.02. The zero-order chi connectivity index (χ0) is 12.6. The van der Waals surface area contributed by atoms with Crippen LogP contribution in [0.3, 0.4) is 0 Å². The van der Waals surface area contributed by atoms with Crippen molar-refractivity contribution >= 4 is 0 Å². The molecule has 3 nitrogen and oxygen atoms in total. The molecule has 96 valence electrons. The summed E-state index contributed by atoms with van der Waals surface area (Å²) >= 11 is 0. The molecule has 18 heavy (non-hydrogen) atoms. The number of aryl methyl sites for hydroxylation is 1. The van der Waals surface area contributed by atoms with E-state index < -0.39 is 0 Å². The van der Waals surface area contributed by atoms with Crippen molar-refractivity contribution in [3.63, 3.8) is 0 Å². The smallest absolute Gasteiger partial charge is 0.0921 e. The lowest BCUT2D eigenvalue weighted by Crippen LogP contribution is -2.15. The molecule has 2 N–H and O–H groups in total. The van der Waals surface area contributed by atoms with Crippen molar-refractivity contribution in [2.45, 2.75) is 32.1 Å². The molecule has 0 fully saturated rings. The highest BCUT2D eigenvalue weighted by Gasteiger charge is 1.99. The van der Waals surface area contributed by atoms with Crippen LogP contribution in [0.2, 0.25) is 0 Å². The third kappa shape index (κ3) is 4.24. The van der Waals surface area contributed by atoms with E-state index in [0.29, 0.717) is 0 Å². The van der Waals surface area contributed by atoms with Crippen LogP contribution in [0.4, 0.5) is 0 Å². The maximum Gasteiger partial charge on any atom is 0.0921 e. The summed E-state index contributed by atoms with van der Waals surface area (Å²) < 4.78 is 0. The largest absolute Gasteiger partial charge is 0.388 e. The predicted molar refractivity (Wildman–Crippen MR) is 75.1 cm³/mol. The van der Waals surface area contributed by atoms with Crippen LogP contribution in [0, 0.1) is 0 Å². The number of hydrogen-bond acceptors (Lipinski definition) is 2. The summed E-state index contributed by atoms with van der Waals surface area (Å²) in [5, 5.41) is 3.39. The fraction of sp³-hybridized carbons (Fsp3) is 0.400. The quantitative estimate of drug-likeness (QED) is 0.772. The summed E-state index contributed by atoms with van der Waals surface area (Å²) in [6, 6.07) is 0. The zero-order valence-corrected chi connectivity index (χ0v) is 10.8. The molecular formula is C15H21N3. The number of allylic oxidation sites excluding steroid dienone is 4. The van der Waals surface area contributed by atoms with Gasteiger partial charge in [-0.1, -0.05) is 30.4 Å². The van der Waals surface area contributed by atoms with Gasteiger partial charge in [-0.2, -0.15) is 0 Å². The first-order valence-electron chi connectivity index (χ1n) is 6.59. The minimum atomic E-state index is 0.955. The van der Waals surface area contributed by atoms with Crippen molar-refractivity contribution in [1.82, 2.24) is 15.3 Å². The Balaban J connectivity index is 1.60. The van der Waals surface area contributed by atoms with Gasteiger partial charge in [0.1, 0.15) is 0 Å². The van der Waals surface area contributed by atoms with Gasteiger partial charge >= 0.3 is 0 Å². The van der Waals surface area contributed by atoms with Crippen molar-refractivity contribution in [2.75, 3.05) is 6.54 Å². The first-order valence-corrected chi connectivity index (χ1v) is 6.59. The first-order chi connectivity index (χ1) is 8.84. The predicted octanol–water partition coefficient (Wildman–Crippen LogP) is 3.11. The minimum Gasteiger partial charge on any atom is -0.388 e. The molecular weight excluding hydrogens is 222 g/mol. The van der Waals surface area contributed by atoms with Gasteiger partial charge in [-0.25, -0.2) is 4.98 Å². The van der Waals surface area contributed by atoms with Crippen LogP contribution in [0.5, 0.6) is 0 Å². The SMILES string of the molecule is C=C(CCc1cnc[nH]1)NCCC1=CCCC=C1. The van der Waals surface area contributed by atoms with Crippen LogP contribution in [0.15, 0.2) is 48.6 Å². The molecule has 0 aliphatic heterocycles. The highest BCUT2D eigenvalue weighted by atomic mass is 14.9. The van der Waals surface area contributed by atoms with Crippen molar-refractivity contribution in [3.05, 3.63) is 54.3 Å². The van der Waals surface area contributed by atoms with Gasteiger partial charge in [0.25, 0.3) is 0 Å². The highest BCUT2D eigenvalue weighted by Crippen LogP contribution is 2.12. The number of hydrogen-bond donors (Lipinski definition) is 2. The fourth-order valence-corrected chi connectivity index (χ4v) is 2.03. The highest BCUT2D eigenvalue weighted by molar-refractivity contribution is 5.22. The van der Waals surface area contributed by atoms with E-state index in [1.54, 1.807) is 6.33 Å². The summed E-state index contributed by atoms with van der Waals surface area (Å²) in [4.78, 5) is 7.10. The number of nitrogens with one attached hydrogen (secondary N) is 2. The van der Waals surface area contributed by atoms with E-state index in [2.05, 4.69) is 40.1 Å². The molecule has 0 atom stereocenters. The van der Waals surface area contributed by atoms with Gasteiger partial charge < -0.3 is 10.3 Å². The number of H-pyrrole nitrogens is 1. The van der Waals surface area contributed by atoms with Crippen LogP contribution in [-0.4, -0.2) is 16.5 Å². The summed E-state index contributed by atoms with van der Waals surface area (Å²) in [7, 11) is 0. The molecule has 1 aliphatic rings. The fourth-order valence-electron chi connectivity index (χ4n) is 2.03. The van der Waals surface area contributed by atoms with Crippen molar-refractivity contribution in [1.29, 1.82) is 0 Å². The van der Waals surface area contributed by atoms with Crippen LogP contribution < -0.4 is 5.32 Å². The average molecular weight is 243 g/mol. The van der Waals surface area contributed by atoms with E-state index >= 15 is 0 Å². The summed E-state index contributed by atoms with van der Waals surface area (Å²) in [5.41, 5.74) is 3.70. The van der Waals surface area contributed by atoms with Crippen LogP contribution in [-0.2, 0) is 6.42 Å². The lowest BCUT2D eigenvalue weighted by Gasteiger charge is -2.11. The van der Waals surface area contributed by atoms with Gasteiger partial charge in [0, 0.05) is 24.1 Å². The number of nitrogens with zero attached hydrogens (tertiary/aromatic N) is 1. The molecule has 0 saturated carbocycles. The number of aromatic nitrogens is 2.